The van der Waals surface area contributed by atoms with Gasteiger partial charge >= 0.3 is 0 Å². The molecule has 5 heteroatoms. The summed E-state index contributed by atoms with van der Waals surface area (Å²) in [6, 6.07) is 11.4. The number of hydrogen-bond acceptors (Lipinski definition) is 4. The van der Waals surface area contributed by atoms with Crippen molar-refractivity contribution >= 4 is 34.0 Å². The zero-order chi connectivity index (χ0) is 14.8. The van der Waals surface area contributed by atoms with Gasteiger partial charge in [0.05, 0.1) is 21.8 Å². The maximum Gasteiger partial charge on any atom is 0.148 e. The van der Waals surface area contributed by atoms with Crippen LogP contribution in [0.2, 0.25) is 5.02 Å². The van der Waals surface area contributed by atoms with E-state index in [1.807, 2.05) is 31.2 Å². The number of nitrogens with one attached hydrogen (secondary N) is 1. The molecule has 0 atom stereocenters. The van der Waals surface area contributed by atoms with Gasteiger partial charge in [0.15, 0.2) is 0 Å². The second-order valence-electron chi connectivity index (χ2n) is 4.58. The first kappa shape index (κ1) is 13.3. The molecule has 0 bridgehead atoms. The van der Waals surface area contributed by atoms with Crippen LogP contribution in [0.15, 0.2) is 42.7 Å². The van der Waals surface area contributed by atoms with E-state index in [1.165, 1.54) is 0 Å². The molecule has 0 saturated heterocycles. The third-order valence-corrected chi connectivity index (χ3v) is 3.57. The molecule has 21 heavy (non-hydrogen) atoms. The Bertz CT molecular complexity index is 868. The average molecular weight is 295 g/mol. The number of nitrogens with zero attached hydrogens (tertiary/aromatic N) is 3. The summed E-state index contributed by atoms with van der Waals surface area (Å²) in [6.07, 6.45) is 3.38. The number of rotatable bonds is 2. The Labute approximate surface area is 127 Å². The summed E-state index contributed by atoms with van der Waals surface area (Å²) in [7, 11) is 0. The van der Waals surface area contributed by atoms with Crippen LogP contribution in [-0.2, 0) is 0 Å². The van der Waals surface area contributed by atoms with Gasteiger partial charge in [-0.15, -0.1) is 0 Å². The van der Waals surface area contributed by atoms with Gasteiger partial charge in [-0.25, -0.2) is 4.98 Å². The number of nitriles is 1. The number of hydrogen-bond donors (Lipinski definition) is 1. The van der Waals surface area contributed by atoms with Gasteiger partial charge in [-0.3, -0.25) is 4.98 Å². The van der Waals surface area contributed by atoms with Gasteiger partial charge in [0.1, 0.15) is 11.9 Å². The second-order valence-corrected chi connectivity index (χ2v) is 4.99. The molecule has 0 amide bonds. The van der Waals surface area contributed by atoms with Crippen molar-refractivity contribution in [2.24, 2.45) is 0 Å². The Morgan fingerprint density at radius 1 is 1.14 bits per heavy atom. The normalized spacial score (nSPS) is 10.3. The first-order valence-electron chi connectivity index (χ1n) is 6.36. The van der Waals surface area contributed by atoms with Crippen molar-refractivity contribution < 1.29 is 0 Å². The molecule has 1 N–H and O–H groups in total. The number of pyridine rings is 2. The van der Waals surface area contributed by atoms with Crippen molar-refractivity contribution in [3.05, 3.63) is 58.9 Å². The molecule has 0 unspecified atom stereocenters. The molecule has 0 aliphatic heterocycles. The topological polar surface area (TPSA) is 61.6 Å². The van der Waals surface area contributed by atoms with Crippen molar-refractivity contribution in [2.45, 2.75) is 6.92 Å². The SMILES string of the molecule is Cc1ccnc(Nc2ccc(Cl)c3cccnc23)c1C#N. The van der Waals surface area contributed by atoms with E-state index in [2.05, 4.69) is 21.4 Å². The van der Waals surface area contributed by atoms with E-state index in [9.17, 15) is 5.26 Å². The molecule has 2 heterocycles. The molecular formula is C16H11ClN4. The van der Waals surface area contributed by atoms with E-state index in [-0.39, 0.29) is 0 Å². The van der Waals surface area contributed by atoms with Crippen molar-refractivity contribution in [3.8, 4) is 6.07 Å². The monoisotopic (exact) mass is 294 g/mol. The van der Waals surface area contributed by atoms with Crippen molar-refractivity contribution in [2.75, 3.05) is 5.32 Å². The minimum atomic E-state index is 0.520. The Balaban J connectivity index is 2.14. The molecule has 0 aliphatic carbocycles. The fourth-order valence-electron chi connectivity index (χ4n) is 2.16. The van der Waals surface area contributed by atoms with Crippen LogP contribution in [0.1, 0.15) is 11.1 Å². The van der Waals surface area contributed by atoms with Gasteiger partial charge in [-0.05, 0) is 42.8 Å². The lowest BCUT2D eigenvalue weighted by molar-refractivity contribution is 1.24. The Morgan fingerprint density at radius 3 is 2.81 bits per heavy atom. The van der Waals surface area contributed by atoms with E-state index in [0.717, 1.165) is 22.2 Å². The van der Waals surface area contributed by atoms with Gasteiger partial charge in [0.25, 0.3) is 0 Å². The van der Waals surface area contributed by atoms with Crippen LogP contribution in [0.4, 0.5) is 11.5 Å². The van der Waals surface area contributed by atoms with Crippen molar-refractivity contribution in [3.63, 3.8) is 0 Å². The van der Waals surface area contributed by atoms with Crippen LogP contribution >= 0.6 is 11.6 Å². The van der Waals surface area contributed by atoms with Crippen LogP contribution in [0, 0.1) is 18.3 Å². The van der Waals surface area contributed by atoms with E-state index < -0.39 is 0 Å². The highest BCUT2D eigenvalue weighted by atomic mass is 35.5. The summed E-state index contributed by atoms with van der Waals surface area (Å²) in [5.74, 6) is 0.520. The zero-order valence-electron chi connectivity index (χ0n) is 11.3. The first-order chi connectivity index (χ1) is 10.2. The predicted molar refractivity (Wildman–Crippen MR) is 83.7 cm³/mol. The highest BCUT2D eigenvalue weighted by molar-refractivity contribution is 6.35. The lowest BCUT2D eigenvalue weighted by atomic mass is 10.1. The standard InChI is InChI=1S/C16H11ClN4/c1-10-6-8-20-16(12(10)9-18)21-14-5-4-13(17)11-3-2-7-19-15(11)14/h2-8H,1H3,(H,20,21). The van der Waals surface area contributed by atoms with Crippen LogP contribution in [0.5, 0.6) is 0 Å². The largest absolute Gasteiger partial charge is 0.337 e. The minimum Gasteiger partial charge on any atom is -0.337 e. The fraction of sp³-hybridized carbons (Fsp3) is 0.0625. The van der Waals surface area contributed by atoms with E-state index >= 15 is 0 Å². The molecule has 102 valence electrons. The summed E-state index contributed by atoms with van der Waals surface area (Å²) >= 11 is 6.18. The third kappa shape index (κ3) is 2.39. The minimum absolute atomic E-state index is 0.520. The molecule has 4 nitrogen and oxygen atoms in total. The Morgan fingerprint density at radius 2 is 2.00 bits per heavy atom. The molecule has 3 aromatic rings. The Hall–Kier alpha value is -2.64. The molecule has 0 spiro atoms. The molecule has 0 fully saturated rings. The van der Waals surface area contributed by atoms with Crippen molar-refractivity contribution in [1.29, 1.82) is 5.26 Å². The smallest absolute Gasteiger partial charge is 0.148 e. The molecule has 0 radical (unpaired) electrons. The molecule has 2 aromatic heterocycles. The third-order valence-electron chi connectivity index (χ3n) is 3.24. The Kier molecular flexibility index (Phi) is 3.43. The summed E-state index contributed by atoms with van der Waals surface area (Å²) in [4.78, 5) is 8.60. The van der Waals surface area contributed by atoms with Crippen LogP contribution in [0.25, 0.3) is 10.9 Å². The van der Waals surface area contributed by atoms with Gasteiger partial charge in [0.2, 0.25) is 0 Å². The quantitative estimate of drug-likeness (QED) is 0.769. The van der Waals surface area contributed by atoms with Crippen LogP contribution < -0.4 is 5.32 Å². The number of aryl methyl sites for hydroxylation is 1. The summed E-state index contributed by atoms with van der Waals surface area (Å²) in [6.45, 7) is 1.88. The number of benzene rings is 1. The summed E-state index contributed by atoms with van der Waals surface area (Å²) < 4.78 is 0. The molecule has 0 aliphatic rings. The number of aromatic nitrogens is 2. The van der Waals surface area contributed by atoms with Gasteiger partial charge < -0.3 is 5.32 Å². The summed E-state index contributed by atoms with van der Waals surface area (Å²) in [5.41, 5.74) is 2.92. The highest BCUT2D eigenvalue weighted by Crippen LogP contribution is 2.30. The van der Waals surface area contributed by atoms with Crippen LogP contribution in [-0.4, -0.2) is 9.97 Å². The molecule has 3 rings (SSSR count). The zero-order valence-corrected chi connectivity index (χ0v) is 12.0. The maximum atomic E-state index is 9.27. The highest BCUT2D eigenvalue weighted by Gasteiger charge is 2.10. The number of fused-ring (bicyclic) bond motifs is 1. The number of halogens is 1. The average Bonchev–Trinajstić information content (AvgIpc) is 2.51. The lowest BCUT2D eigenvalue weighted by Crippen LogP contribution is -1.99. The van der Waals surface area contributed by atoms with Crippen molar-refractivity contribution in [1.82, 2.24) is 9.97 Å². The molecule has 0 saturated carbocycles. The van der Waals surface area contributed by atoms with Gasteiger partial charge in [0, 0.05) is 17.8 Å². The second kappa shape index (κ2) is 5.39. The lowest BCUT2D eigenvalue weighted by Gasteiger charge is -2.11. The maximum absolute atomic E-state index is 9.27. The molecule has 1 aromatic carbocycles. The first-order valence-corrected chi connectivity index (χ1v) is 6.74. The predicted octanol–water partition coefficient (Wildman–Crippen LogP) is 4.21. The van der Waals surface area contributed by atoms with E-state index in [4.69, 9.17) is 11.6 Å². The van der Waals surface area contributed by atoms with E-state index in [0.29, 0.717) is 16.4 Å². The fourth-order valence-corrected chi connectivity index (χ4v) is 2.38. The van der Waals surface area contributed by atoms with Gasteiger partial charge in [-0.1, -0.05) is 11.6 Å². The summed E-state index contributed by atoms with van der Waals surface area (Å²) in [5, 5.41) is 13.9. The van der Waals surface area contributed by atoms with E-state index in [1.54, 1.807) is 18.5 Å². The van der Waals surface area contributed by atoms with Crippen LogP contribution in [0.3, 0.4) is 0 Å². The van der Waals surface area contributed by atoms with Gasteiger partial charge in [-0.2, -0.15) is 5.26 Å². The molecular weight excluding hydrogens is 284 g/mol. The number of anilines is 2.